The molecule has 14 heavy (non-hydrogen) atoms. The van der Waals surface area contributed by atoms with Crippen molar-refractivity contribution in [2.45, 2.75) is 51.9 Å². The van der Waals surface area contributed by atoms with Gasteiger partial charge in [-0.1, -0.05) is 19.8 Å². The number of hydrazine groups is 1. The quantitative estimate of drug-likeness (QED) is 0.381. The number of nitrogens with two attached hydrogens (primary N) is 1. The van der Waals surface area contributed by atoms with E-state index in [2.05, 4.69) is 12.3 Å². The second kappa shape index (κ2) is 3.23. The molecule has 0 saturated heterocycles. The molecular formula is C11H20N2O. The highest BCUT2D eigenvalue weighted by Gasteiger charge is 2.49. The van der Waals surface area contributed by atoms with E-state index in [1.807, 2.05) is 0 Å². The largest absolute Gasteiger partial charge is 0.294 e. The van der Waals surface area contributed by atoms with Crippen LogP contribution in [0, 0.1) is 10.8 Å². The SMILES string of the molecule is CC12CCCC(C(=O)NN)(CCC1)C2. The van der Waals surface area contributed by atoms with Gasteiger partial charge in [0.2, 0.25) is 5.91 Å². The third-order valence-corrected chi connectivity index (χ3v) is 4.25. The third kappa shape index (κ3) is 1.44. The van der Waals surface area contributed by atoms with Crippen LogP contribution in [0.4, 0.5) is 0 Å². The Labute approximate surface area is 85.4 Å². The van der Waals surface area contributed by atoms with E-state index in [1.54, 1.807) is 0 Å². The standard InChI is InChI=1S/C11H20N2O/c1-10-4-2-6-11(8-10,7-3-5-10)9(14)13-12/h2-8,12H2,1H3,(H,13,14). The second-order valence-corrected chi connectivity index (χ2v) is 5.45. The lowest BCUT2D eigenvalue weighted by Gasteiger charge is -2.49. The predicted octanol–water partition coefficient (Wildman–Crippen LogP) is 1.73. The zero-order valence-corrected chi connectivity index (χ0v) is 8.94. The number of fused-ring (bicyclic) bond motifs is 2. The topological polar surface area (TPSA) is 55.1 Å². The molecule has 2 saturated carbocycles. The molecule has 0 atom stereocenters. The monoisotopic (exact) mass is 196 g/mol. The Morgan fingerprint density at radius 2 is 1.79 bits per heavy atom. The maximum Gasteiger partial charge on any atom is 0.240 e. The summed E-state index contributed by atoms with van der Waals surface area (Å²) in [6.07, 6.45) is 8.05. The van der Waals surface area contributed by atoms with Gasteiger partial charge in [0.15, 0.2) is 0 Å². The van der Waals surface area contributed by atoms with Gasteiger partial charge in [-0.05, 0) is 37.5 Å². The smallest absolute Gasteiger partial charge is 0.240 e. The van der Waals surface area contributed by atoms with Gasteiger partial charge < -0.3 is 0 Å². The number of rotatable bonds is 1. The average Bonchev–Trinajstić information content (AvgIpc) is 2.15. The summed E-state index contributed by atoms with van der Waals surface area (Å²) in [5.74, 6) is 5.35. The molecule has 0 aromatic carbocycles. The molecule has 3 N–H and O–H groups in total. The number of carbonyl (C=O) groups is 1. The highest BCUT2D eigenvalue weighted by atomic mass is 16.2. The lowest BCUT2D eigenvalue weighted by Crippen LogP contribution is -2.50. The molecule has 3 heteroatoms. The Balaban J connectivity index is 2.22. The second-order valence-electron chi connectivity index (χ2n) is 5.45. The Hall–Kier alpha value is -0.570. The molecule has 1 amide bonds. The summed E-state index contributed by atoms with van der Waals surface area (Å²) in [5, 5.41) is 0. The number of hydrogen-bond donors (Lipinski definition) is 2. The van der Waals surface area contributed by atoms with E-state index in [0.29, 0.717) is 5.41 Å². The molecule has 0 heterocycles. The lowest BCUT2D eigenvalue weighted by atomic mass is 9.55. The fraction of sp³-hybridized carbons (Fsp3) is 0.909. The van der Waals surface area contributed by atoms with Crippen LogP contribution < -0.4 is 11.3 Å². The maximum atomic E-state index is 11.8. The van der Waals surface area contributed by atoms with E-state index >= 15 is 0 Å². The van der Waals surface area contributed by atoms with E-state index < -0.39 is 0 Å². The Morgan fingerprint density at radius 3 is 2.29 bits per heavy atom. The molecule has 0 aromatic heterocycles. The van der Waals surface area contributed by atoms with Crippen LogP contribution in [0.2, 0.25) is 0 Å². The van der Waals surface area contributed by atoms with E-state index in [0.717, 1.165) is 19.3 Å². The Kier molecular flexibility index (Phi) is 2.30. The van der Waals surface area contributed by atoms with Crippen LogP contribution in [0.3, 0.4) is 0 Å². The summed E-state index contributed by atoms with van der Waals surface area (Å²) >= 11 is 0. The van der Waals surface area contributed by atoms with Crippen molar-refractivity contribution >= 4 is 5.91 Å². The van der Waals surface area contributed by atoms with Crippen LogP contribution in [0.5, 0.6) is 0 Å². The summed E-state index contributed by atoms with van der Waals surface area (Å²) in [7, 11) is 0. The van der Waals surface area contributed by atoms with Crippen LogP contribution in [-0.4, -0.2) is 5.91 Å². The molecule has 0 spiro atoms. The molecule has 0 unspecified atom stereocenters. The van der Waals surface area contributed by atoms with Crippen LogP contribution in [-0.2, 0) is 4.79 Å². The van der Waals surface area contributed by atoms with Gasteiger partial charge in [0.05, 0.1) is 5.41 Å². The molecule has 2 rings (SSSR count). The van der Waals surface area contributed by atoms with Crippen LogP contribution in [0.15, 0.2) is 0 Å². The van der Waals surface area contributed by atoms with Crippen LogP contribution >= 0.6 is 0 Å². The number of amides is 1. The minimum Gasteiger partial charge on any atom is -0.294 e. The zero-order chi connectivity index (χ0) is 10.2. The molecule has 2 aliphatic rings. The van der Waals surface area contributed by atoms with E-state index in [4.69, 9.17) is 5.84 Å². The number of hydrogen-bond acceptors (Lipinski definition) is 2. The summed E-state index contributed by atoms with van der Waals surface area (Å²) in [4.78, 5) is 11.8. The molecule has 0 radical (unpaired) electrons. The van der Waals surface area contributed by atoms with Crippen LogP contribution in [0.1, 0.15) is 51.9 Å². The molecule has 2 bridgehead atoms. The first kappa shape index (κ1) is 9.97. The Bertz CT molecular complexity index is 240. The van der Waals surface area contributed by atoms with Gasteiger partial charge in [-0.2, -0.15) is 0 Å². The van der Waals surface area contributed by atoms with Gasteiger partial charge in [0, 0.05) is 0 Å². The number of carbonyl (C=O) groups excluding carboxylic acids is 1. The normalized spacial score (nSPS) is 41.9. The van der Waals surface area contributed by atoms with Crippen LogP contribution in [0.25, 0.3) is 0 Å². The van der Waals surface area contributed by atoms with Crippen molar-refractivity contribution in [1.29, 1.82) is 0 Å². The molecule has 3 nitrogen and oxygen atoms in total. The maximum absolute atomic E-state index is 11.8. The van der Waals surface area contributed by atoms with Crippen molar-refractivity contribution in [3.8, 4) is 0 Å². The molecule has 0 aromatic rings. The van der Waals surface area contributed by atoms with Crippen molar-refractivity contribution in [3.05, 3.63) is 0 Å². The first-order valence-electron chi connectivity index (χ1n) is 5.61. The molecule has 0 aliphatic heterocycles. The van der Waals surface area contributed by atoms with Gasteiger partial charge in [0.25, 0.3) is 0 Å². The molecular weight excluding hydrogens is 176 g/mol. The minimum atomic E-state index is -0.125. The Morgan fingerprint density at radius 1 is 1.21 bits per heavy atom. The van der Waals surface area contributed by atoms with E-state index in [-0.39, 0.29) is 11.3 Å². The van der Waals surface area contributed by atoms with Crippen molar-refractivity contribution in [1.82, 2.24) is 5.43 Å². The van der Waals surface area contributed by atoms with Gasteiger partial charge in [-0.25, -0.2) is 5.84 Å². The summed E-state index contributed by atoms with van der Waals surface area (Å²) in [5.41, 5.74) is 2.64. The molecule has 80 valence electrons. The first-order valence-corrected chi connectivity index (χ1v) is 5.61. The first-order chi connectivity index (χ1) is 6.60. The lowest BCUT2D eigenvalue weighted by molar-refractivity contribution is -0.139. The summed E-state index contributed by atoms with van der Waals surface area (Å²) in [6, 6.07) is 0. The van der Waals surface area contributed by atoms with E-state index in [9.17, 15) is 4.79 Å². The van der Waals surface area contributed by atoms with Crippen molar-refractivity contribution in [2.24, 2.45) is 16.7 Å². The fourth-order valence-electron chi connectivity index (χ4n) is 3.59. The third-order valence-electron chi connectivity index (χ3n) is 4.25. The van der Waals surface area contributed by atoms with E-state index in [1.165, 1.54) is 25.7 Å². The molecule has 2 fully saturated rings. The van der Waals surface area contributed by atoms with Crippen molar-refractivity contribution in [3.63, 3.8) is 0 Å². The minimum absolute atomic E-state index is 0.0723. The fourth-order valence-corrected chi connectivity index (χ4v) is 3.59. The van der Waals surface area contributed by atoms with Gasteiger partial charge in [0.1, 0.15) is 0 Å². The summed E-state index contributed by atoms with van der Waals surface area (Å²) < 4.78 is 0. The van der Waals surface area contributed by atoms with Gasteiger partial charge in [-0.15, -0.1) is 0 Å². The number of nitrogens with one attached hydrogen (secondary N) is 1. The highest BCUT2D eigenvalue weighted by Crippen LogP contribution is 2.55. The zero-order valence-electron chi connectivity index (χ0n) is 8.94. The average molecular weight is 196 g/mol. The van der Waals surface area contributed by atoms with Crippen molar-refractivity contribution in [2.75, 3.05) is 0 Å². The van der Waals surface area contributed by atoms with Gasteiger partial charge >= 0.3 is 0 Å². The van der Waals surface area contributed by atoms with Gasteiger partial charge in [-0.3, -0.25) is 10.2 Å². The molecule has 2 aliphatic carbocycles. The summed E-state index contributed by atoms with van der Waals surface area (Å²) in [6.45, 7) is 2.32. The predicted molar refractivity (Wildman–Crippen MR) is 55.2 cm³/mol. The highest BCUT2D eigenvalue weighted by molar-refractivity contribution is 5.82. The van der Waals surface area contributed by atoms with Crippen molar-refractivity contribution < 1.29 is 4.79 Å².